The van der Waals surface area contributed by atoms with Crippen molar-refractivity contribution in [2.75, 3.05) is 27.4 Å². The number of carbonyl (C=O) groups excluding carboxylic acids is 1. The summed E-state index contributed by atoms with van der Waals surface area (Å²) >= 11 is 0. The van der Waals surface area contributed by atoms with Gasteiger partial charge in [0.1, 0.15) is 24.7 Å². The van der Waals surface area contributed by atoms with E-state index < -0.39 is 30.1 Å². The molecule has 7 nitrogen and oxygen atoms in total. The van der Waals surface area contributed by atoms with Crippen LogP contribution in [0.25, 0.3) is 11.1 Å². The van der Waals surface area contributed by atoms with Crippen LogP contribution >= 0.6 is 0 Å². The van der Waals surface area contributed by atoms with Crippen LogP contribution in [0.3, 0.4) is 0 Å². The fourth-order valence-electron chi connectivity index (χ4n) is 3.87. The SMILES string of the molecule is COCC(C)C(=O)N(CC(=O)O)Cc1cccc(COc2ccc(-c3cc(F)c(F)cc3OC)cc2)c1. The molecule has 1 unspecified atom stereocenters. The highest BCUT2D eigenvalue weighted by Crippen LogP contribution is 2.33. The molecule has 0 aliphatic rings. The number of ether oxygens (including phenoxy) is 3. The molecule has 3 aromatic carbocycles. The first kappa shape index (κ1) is 27.6. The minimum Gasteiger partial charge on any atom is -0.496 e. The number of carboxylic acids is 1. The number of benzene rings is 3. The third-order valence-electron chi connectivity index (χ3n) is 5.65. The Morgan fingerprint density at radius 2 is 1.65 bits per heavy atom. The summed E-state index contributed by atoms with van der Waals surface area (Å²) in [5.41, 5.74) is 2.65. The molecule has 37 heavy (non-hydrogen) atoms. The highest BCUT2D eigenvalue weighted by molar-refractivity contribution is 5.83. The zero-order chi connectivity index (χ0) is 26.9. The second-order valence-electron chi connectivity index (χ2n) is 8.54. The molecule has 0 bridgehead atoms. The van der Waals surface area contributed by atoms with Gasteiger partial charge in [0.2, 0.25) is 5.91 Å². The van der Waals surface area contributed by atoms with Crippen LogP contribution in [0.1, 0.15) is 18.1 Å². The predicted molar refractivity (Wildman–Crippen MR) is 133 cm³/mol. The molecule has 0 fully saturated rings. The Kier molecular flexibility index (Phi) is 9.57. The Hall–Kier alpha value is -3.98. The Morgan fingerprint density at radius 1 is 0.973 bits per heavy atom. The smallest absolute Gasteiger partial charge is 0.323 e. The van der Waals surface area contributed by atoms with E-state index >= 15 is 0 Å². The van der Waals surface area contributed by atoms with E-state index in [0.29, 0.717) is 16.9 Å². The fraction of sp³-hybridized carbons (Fsp3) is 0.286. The molecule has 1 atom stereocenters. The first-order valence-electron chi connectivity index (χ1n) is 11.6. The van der Waals surface area contributed by atoms with Crippen LogP contribution in [0.5, 0.6) is 11.5 Å². The zero-order valence-corrected chi connectivity index (χ0v) is 20.9. The molecular weight excluding hydrogens is 484 g/mol. The number of hydrogen-bond acceptors (Lipinski definition) is 5. The van der Waals surface area contributed by atoms with Gasteiger partial charge in [-0.2, -0.15) is 0 Å². The van der Waals surface area contributed by atoms with E-state index in [4.69, 9.17) is 14.2 Å². The molecule has 196 valence electrons. The number of carbonyl (C=O) groups is 2. The van der Waals surface area contributed by atoms with Crippen molar-refractivity contribution in [3.05, 3.63) is 83.4 Å². The Bertz CT molecular complexity index is 1230. The quantitative estimate of drug-likeness (QED) is 0.370. The fourth-order valence-corrected chi connectivity index (χ4v) is 3.87. The van der Waals surface area contributed by atoms with E-state index in [9.17, 15) is 23.5 Å². The van der Waals surface area contributed by atoms with Gasteiger partial charge < -0.3 is 24.2 Å². The van der Waals surface area contributed by atoms with Crippen molar-refractivity contribution in [1.82, 2.24) is 4.90 Å². The zero-order valence-electron chi connectivity index (χ0n) is 20.9. The maximum Gasteiger partial charge on any atom is 0.323 e. The van der Waals surface area contributed by atoms with Crippen LogP contribution in [0.4, 0.5) is 8.78 Å². The lowest BCUT2D eigenvalue weighted by atomic mass is 10.0. The molecule has 0 radical (unpaired) electrons. The molecule has 0 saturated heterocycles. The van der Waals surface area contributed by atoms with Gasteiger partial charge in [-0.15, -0.1) is 0 Å². The first-order chi connectivity index (χ1) is 17.7. The molecule has 0 aromatic heterocycles. The van der Waals surface area contributed by atoms with Crippen molar-refractivity contribution < 1.29 is 37.7 Å². The van der Waals surface area contributed by atoms with Crippen molar-refractivity contribution in [1.29, 1.82) is 0 Å². The van der Waals surface area contributed by atoms with E-state index in [2.05, 4.69) is 0 Å². The third-order valence-corrected chi connectivity index (χ3v) is 5.65. The molecule has 0 heterocycles. The number of amides is 1. The molecule has 1 N–H and O–H groups in total. The largest absolute Gasteiger partial charge is 0.496 e. The predicted octanol–water partition coefficient (Wildman–Crippen LogP) is 4.92. The van der Waals surface area contributed by atoms with Crippen LogP contribution in [-0.2, 0) is 27.5 Å². The summed E-state index contributed by atoms with van der Waals surface area (Å²) in [5, 5.41) is 9.25. The van der Waals surface area contributed by atoms with Gasteiger partial charge in [0, 0.05) is 25.3 Å². The van der Waals surface area contributed by atoms with E-state index in [-0.39, 0.29) is 31.4 Å². The minimum absolute atomic E-state index is 0.137. The molecule has 0 spiro atoms. The van der Waals surface area contributed by atoms with Crippen molar-refractivity contribution in [3.63, 3.8) is 0 Å². The van der Waals surface area contributed by atoms with Gasteiger partial charge in [-0.05, 0) is 34.9 Å². The topological polar surface area (TPSA) is 85.3 Å². The van der Waals surface area contributed by atoms with Gasteiger partial charge in [0.05, 0.1) is 19.6 Å². The second-order valence-corrected chi connectivity index (χ2v) is 8.54. The summed E-state index contributed by atoms with van der Waals surface area (Å²) in [6.45, 7) is 1.85. The minimum atomic E-state index is -1.10. The van der Waals surface area contributed by atoms with E-state index in [1.165, 1.54) is 19.1 Å². The van der Waals surface area contributed by atoms with Gasteiger partial charge in [0.25, 0.3) is 0 Å². The van der Waals surface area contributed by atoms with Crippen molar-refractivity contribution >= 4 is 11.9 Å². The first-order valence-corrected chi connectivity index (χ1v) is 11.6. The monoisotopic (exact) mass is 513 g/mol. The van der Waals surface area contributed by atoms with Gasteiger partial charge in [-0.1, -0.05) is 43.3 Å². The van der Waals surface area contributed by atoms with Crippen molar-refractivity contribution in [3.8, 4) is 22.6 Å². The molecule has 3 aromatic rings. The van der Waals surface area contributed by atoms with E-state index in [0.717, 1.165) is 23.3 Å². The number of halogens is 2. The molecular formula is C28H29F2NO6. The maximum absolute atomic E-state index is 13.7. The highest BCUT2D eigenvalue weighted by atomic mass is 19.2. The Morgan fingerprint density at radius 3 is 2.30 bits per heavy atom. The van der Waals surface area contributed by atoms with E-state index in [1.807, 2.05) is 24.3 Å². The van der Waals surface area contributed by atoms with Gasteiger partial charge >= 0.3 is 5.97 Å². The number of rotatable bonds is 12. The maximum atomic E-state index is 13.7. The summed E-state index contributed by atoms with van der Waals surface area (Å²) in [6.07, 6.45) is 0. The number of nitrogens with zero attached hydrogens (tertiary/aromatic N) is 1. The number of aliphatic carboxylic acids is 1. The molecule has 1 amide bonds. The Labute approximate surface area is 214 Å². The van der Waals surface area contributed by atoms with Crippen molar-refractivity contribution in [2.24, 2.45) is 5.92 Å². The second kappa shape index (κ2) is 12.8. The summed E-state index contributed by atoms with van der Waals surface area (Å²) < 4.78 is 43.3. The van der Waals surface area contributed by atoms with Gasteiger partial charge in [-0.25, -0.2) is 8.78 Å². The summed E-state index contributed by atoms with van der Waals surface area (Å²) in [7, 11) is 2.88. The van der Waals surface area contributed by atoms with Crippen LogP contribution in [-0.4, -0.2) is 49.3 Å². The summed E-state index contributed by atoms with van der Waals surface area (Å²) in [5.74, 6) is -3.03. The lowest BCUT2D eigenvalue weighted by molar-refractivity contribution is -0.147. The van der Waals surface area contributed by atoms with Crippen molar-refractivity contribution in [2.45, 2.75) is 20.1 Å². The van der Waals surface area contributed by atoms with Gasteiger partial charge in [-0.3, -0.25) is 9.59 Å². The lowest BCUT2D eigenvalue weighted by Gasteiger charge is -2.24. The standard InChI is InChI=1S/C28H29F2NO6/c1-18(16-35-2)28(34)31(15-27(32)33)14-19-5-4-6-20(11-19)17-37-22-9-7-21(8-10-22)23-12-24(29)25(30)13-26(23)36-3/h4-13,18H,14-17H2,1-3H3,(H,32,33). The lowest BCUT2D eigenvalue weighted by Crippen LogP contribution is -2.39. The average Bonchev–Trinajstić information content (AvgIpc) is 2.88. The molecule has 3 rings (SSSR count). The average molecular weight is 514 g/mol. The third kappa shape index (κ3) is 7.50. The normalized spacial score (nSPS) is 11.6. The van der Waals surface area contributed by atoms with Crippen LogP contribution in [0, 0.1) is 17.6 Å². The molecule has 0 aliphatic carbocycles. The molecule has 0 aliphatic heterocycles. The number of carboxylic acid groups (broad SMARTS) is 1. The number of hydrogen-bond donors (Lipinski definition) is 1. The Balaban J connectivity index is 1.68. The summed E-state index contributed by atoms with van der Waals surface area (Å²) in [6, 6.07) is 16.3. The number of methoxy groups -OCH3 is 2. The summed E-state index contributed by atoms with van der Waals surface area (Å²) in [4.78, 5) is 25.3. The highest BCUT2D eigenvalue weighted by Gasteiger charge is 2.23. The van der Waals surface area contributed by atoms with E-state index in [1.54, 1.807) is 31.2 Å². The van der Waals surface area contributed by atoms with Crippen LogP contribution in [0.2, 0.25) is 0 Å². The van der Waals surface area contributed by atoms with Gasteiger partial charge in [0.15, 0.2) is 11.6 Å². The van der Waals surface area contributed by atoms with Crippen LogP contribution < -0.4 is 9.47 Å². The molecule has 9 heteroatoms. The van der Waals surface area contributed by atoms with Crippen LogP contribution in [0.15, 0.2) is 60.7 Å². The molecule has 0 saturated carbocycles.